The summed E-state index contributed by atoms with van der Waals surface area (Å²) in [5.74, 6) is 0.818. The average Bonchev–Trinajstić information content (AvgIpc) is 2.83. The number of hydrogen-bond acceptors (Lipinski definition) is 4. The Balaban J connectivity index is 1.89. The van der Waals surface area contributed by atoms with Crippen molar-refractivity contribution in [2.24, 2.45) is 0 Å². The van der Waals surface area contributed by atoms with E-state index in [1.165, 1.54) is 0 Å². The summed E-state index contributed by atoms with van der Waals surface area (Å²) in [6.07, 6.45) is 0. The van der Waals surface area contributed by atoms with E-state index in [0.29, 0.717) is 12.4 Å². The number of para-hydroxylation sites is 2. The van der Waals surface area contributed by atoms with Gasteiger partial charge in [0, 0.05) is 15.6 Å². The van der Waals surface area contributed by atoms with Crippen molar-refractivity contribution in [3.63, 3.8) is 0 Å². The second kappa shape index (κ2) is 4.82. The second-order valence-electron chi connectivity index (χ2n) is 4.17. The number of thiophene rings is 1. The van der Waals surface area contributed by atoms with E-state index in [1.54, 1.807) is 41.7 Å². The van der Waals surface area contributed by atoms with Gasteiger partial charge >= 0.3 is 0 Å². The Morgan fingerprint density at radius 1 is 0.947 bits per heavy atom. The summed E-state index contributed by atoms with van der Waals surface area (Å²) in [5.41, 5.74) is 0.918. The molecule has 0 radical (unpaired) electrons. The zero-order valence-corrected chi connectivity index (χ0v) is 10.9. The van der Waals surface area contributed by atoms with Crippen LogP contribution in [0.25, 0.3) is 10.1 Å². The van der Waals surface area contributed by atoms with Crippen LogP contribution >= 0.6 is 11.3 Å². The number of benzene rings is 2. The third kappa shape index (κ3) is 2.22. The summed E-state index contributed by atoms with van der Waals surface area (Å²) in [6.45, 7) is 0.315. The molecular weight excluding hydrogens is 260 g/mol. The van der Waals surface area contributed by atoms with Gasteiger partial charge in [0.25, 0.3) is 0 Å². The van der Waals surface area contributed by atoms with Gasteiger partial charge in [-0.1, -0.05) is 18.2 Å². The predicted molar refractivity (Wildman–Crippen MR) is 75.9 cm³/mol. The van der Waals surface area contributed by atoms with Gasteiger partial charge in [-0.25, -0.2) is 0 Å². The maximum atomic E-state index is 9.89. The summed E-state index contributed by atoms with van der Waals surface area (Å²) >= 11 is 1.56. The Kier molecular flexibility index (Phi) is 3.01. The largest absolute Gasteiger partial charge is 0.507 e. The summed E-state index contributed by atoms with van der Waals surface area (Å²) < 4.78 is 6.61. The van der Waals surface area contributed by atoms with Crippen LogP contribution < -0.4 is 4.74 Å². The zero-order valence-electron chi connectivity index (χ0n) is 10.0. The molecule has 0 saturated carbocycles. The molecule has 0 bridgehead atoms. The molecule has 0 fully saturated rings. The van der Waals surface area contributed by atoms with Crippen molar-refractivity contribution in [3.05, 3.63) is 53.4 Å². The Bertz CT molecular complexity index is 718. The number of phenols is 2. The normalized spacial score (nSPS) is 10.7. The van der Waals surface area contributed by atoms with E-state index in [-0.39, 0.29) is 11.5 Å². The lowest BCUT2D eigenvalue weighted by Gasteiger charge is -2.07. The Hall–Kier alpha value is -2.20. The lowest BCUT2D eigenvalue weighted by Crippen LogP contribution is -1.94. The molecule has 4 heteroatoms. The first-order chi connectivity index (χ1) is 9.25. The van der Waals surface area contributed by atoms with E-state index in [1.807, 2.05) is 17.5 Å². The van der Waals surface area contributed by atoms with Gasteiger partial charge in [0.2, 0.25) is 0 Å². The standard InChI is InChI=1S/C15H12O3S/c16-11-4-1-2-6-13(11)18-8-10-9-19-14-7-3-5-12(17)15(10)14/h1-7,9,16-17H,8H2. The van der Waals surface area contributed by atoms with Crippen LogP contribution in [-0.4, -0.2) is 10.2 Å². The van der Waals surface area contributed by atoms with Crippen LogP contribution in [0.5, 0.6) is 17.2 Å². The SMILES string of the molecule is Oc1ccccc1OCc1csc2cccc(O)c12. The lowest BCUT2D eigenvalue weighted by molar-refractivity contribution is 0.290. The number of fused-ring (bicyclic) bond motifs is 1. The molecule has 19 heavy (non-hydrogen) atoms. The molecule has 0 aliphatic carbocycles. The van der Waals surface area contributed by atoms with Crippen LogP contribution in [0.2, 0.25) is 0 Å². The van der Waals surface area contributed by atoms with Gasteiger partial charge in [-0.2, -0.15) is 0 Å². The first kappa shape index (κ1) is 11.9. The molecule has 0 atom stereocenters. The molecule has 2 N–H and O–H groups in total. The second-order valence-corrected chi connectivity index (χ2v) is 5.08. The van der Waals surface area contributed by atoms with Gasteiger partial charge < -0.3 is 14.9 Å². The molecule has 1 heterocycles. The van der Waals surface area contributed by atoms with Gasteiger partial charge in [0.1, 0.15) is 12.4 Å². The fraction of sp³-hybridized carbons (Fsp3) is 0.0667. The quantitative estimate of drug-likeness (QED) is 0.760. The fourth-order valence-corrected chi connectivity index (χ4v) is 2.94. The molecule has 0 aliphatic heterocycles. The molecule has 1 aromatic heterocycles. The molecule has 3 aromatic rings. The smallest absolute Gasteiger partial charge is 0.161 e. The number of hydrogen-bond donors (Lipinski definition) is 2. The molecule has 3 rings (SSSR count). The Labute approximate surface area is 114 Å². The third-order valence-corrected chi connectivity index (χ3v) is 3.90. The topological polar surface area (TPSA) is 49.7 Å². The molecule has 0 aliphatic rings. The van der Waals surface area contributed by atoms with Crippen LogP contribution in [0.1, 0.15) is 5.56 Å². The zero-order chi connectivity index (χ0) is 13.2. The molecular formula is C15H12O3S. The first-order valence-corrected chi connectivity index (χ1v) is 6.72. The average molecular weight is 272 g/mol. The van der Waals surface area contributed by atoms with Crippen LogP contribution in [0, 0.1) is 0 Å². The van der Waals surface area contributed by atoms with E-state index in [4.69, 9.17) is 4.74 Å². The molecule has 0 amide bonds. The van der Waals surface area contributed by atoms with Gasteiger partial charge in [0.05, 0.1) is 0 Å². The van der Waals surface area contributed by atoms with E-state index in [2.05, 4.69) is 0 Å². The van der Waals surface area contributed by atoms with E-state index >= 15 is 0 Å². The predicted octanol–water partition coefficient (Wildman–Crippen LogP) is 3.89. The number of aromatic hydroxyl groups is 2. The highest BCUT2D eigenvalue weighted by molar-refractivity contribution is 7.17. The molecule has 0 saturated heterocycles. The van der Waals surface area contributed by atoms with E-state index < -0.39 is 0 Å². The lowest BCUT2D eigenvalue weighted by atomic mass is 10.1. The van der Waals surface area contributed by atoms with Crippen molar-refractivity contribution < 1.29 is 14.9 Å². The van der Waals surface area contributed by atoms with Gasteiger partial charge in [0.15, 0.2) is 11.5 Å². The van der Waals surface area contributed by atoms with Crippen molar-refractivity contribution in [3.8, 4) is 17.2 Å². The van der Waals surface area contributed by atoms with Gasteiger partial charge in [-0.3, -0.25) is 0 Å². The number of ether oxygens (including phenoxy) is 1. The van der Waals surface area contributed by atoms with Gasteiger partial charge in [-0.05, 0) is 29.6 Å². The molecule has 3 nitrogen and oxygen atoms in total. The van der Waals surface area contributed by atoms with Crippen LogP contribution in [0.4, 0.5) is 0 Å². The van der Waals surface area contributed by atoms with Gasteiger partial charge in [-0.15, -0.1) is 11.3 Å². The minimum absolute atomic E-state index is 0.117. The molecule has 0 spiro atoms. The highest BCUT2D eigenvalue weighted by Gasteiger charge is 2.09. The molecule has 96 valence electrons. The molecule has 2 aromatic carbocycles. The highest BCUT2D eigenvalue weighted by Crippen LogP contribution is 2.34. The summed E-state index contributed by atoms with van der Waals surface area (Å²) in [5, 5.41) is 22.3. The Morgan fingerprint density at radius 2 is 1.74 bits per heavy atom. The Morgan fingerprint density at radius 3 is 2.58 bits per heavy atom. The number of rotatable bonds is 3. The first-order valence-electron chi connectivity index (χ1n) is 5.84. The fourth-order valence-electron chi connectivity index (χ4n) is 1.97. The monoisotopic (exact) mass is 272 g/mol. The number of phenolic OH excluding ortho intramolecular Hbond substituents is 2. The summed E-state index contributed by atoms with van der Waals surface area (Å²) in [7, 11) is 0. The maximum Gasteiger partial charge on any atom is 0.161 e. The van der Waals surface area contributed by atoms with E-state index in [0.717, 1.165) is 15.6 Å². The van der Waals surface area contributed by atoms with Crippen molar-refractivity contribution in [2.45, 2.75) is 6.61 Å². The van der Waals surface area contributed by atoms with Crippen molar-refractivity contribution in [1.82, 2.24) is 0 Å². The minimum atomic E-state index is 0.117. The van der Waals surface area contributed by atoms with Crippen LogP contribution in [0.3, 0.4) is 0 Å². The summed E-state index contributed by atoms with van der Waals surface area (Å²) in [6, 6.07) is 12.3. The van der Waals surface area contributed by atoms with E-state index in [9.17, 15) is 10.2 Å². The van der Waals surface area contributed by atoms with Crippen LogP contribution in [-0.2, 0) is 6.61 Å². The highest BCUT2D eigenvalue weighted by atomic mass is 32.1. The van der Waals surface area contributed by atoms with Crippen molar-refractivity contribution in [1.29, 1.82) is 0 Å². The summed E-state index contributed by atoms with van der Waals surface area (Å²) in [4.78, 5) is 0. The van der Waals surface area contributed by atoms with Crippen molar-refractivity contribution in [2.75, 3.05) is 0 Å². The van der Waals surface area contributed by atoms with Crippen LogP contribution in [0.15, 0.2) is 47.8 Å². The maximum absolute atomic E-state index is 9.89. The molecule has 0 unspecified atom stereocenters. The van der Waals surface area contributed by atoms with Crippen molar-refractivity contribution >= 4 is 21.4 Å². The third-order valence-electron chi connectivity index (χ3n) is 2.90. The minimum Gasteiger partial charge on any atom is -0.507 e.